The number of amides is 1. The Hall–Kier alpha value is -2.96. The summed E-state index contributed by atoms with van der Waals surface area (Å²) in [5.74, 6) is 0.573. The van der Waals surface area contributed by atoms with Crippen LogP contribution in [0.25, 0.3) is 10.2 Å². The molecule has 1 atom stereocenters. The average molecular weight is 481 g/mol. The van der Waals surface area contributed by atoms with Crippen LogP contribution in [0.5, 0.6) is 0 Å². The molecule has 5 heterocycles. The van der Waals surface area contributed by atoms with Crippen molar-refractivity contribution in [3.05, 3.63) is 22.6 Å². The predicted molar refractivity (Wildman–Crippen MR) is 117 cm³/mol. The SMILES string of the molecule is CCCc1cc2c(N3CCn4c(nnc4C(F)(F)F)C3)nc(N3CCC(NC=O)C3)nc2s1. The van der Waals surface area contributed by atoms with Gasteiger partial charge >= 0.3 is 6.18 Å². The zero-order valence-electron chi connectivity index (χ0n) is 18.0. The Morgan fingerprint density at radius 3 is 2.82 bits per heavy atom. The summed E-state index contributed by atoms with van der Waals surface area (Å²) in [4.78, 5) is 26.5. The Bertz CT molecular complexity index is 1180. The van der Waals surface area contributed by atoms with E-state index in [0.29, 0.717) is 37.8 Å². The van der Waals surface area contributed by atoms with Crippen molar-refractivity contribution in [2.45, 2.75) is 51.5 Å². The lowest BCUT2D eigenvalue weighted by Crippen LogP contribution is -2.36. The summed E-state index contributed by atoms with van der Waals surface area (Å²) in [5, 5.41) is 10.9. The van der Waals surface area contributed by atoms with Crippen LogP contribution in [0.2, 0.25) is 0 Å². The molecule has 1 N–H and O–H groups in total. The van der Waals surface area contributed by atoms with Gasteiger partial charge < -0.3 is 19.7 Å². The van der Waals surface area contributed by atoms with Crippen molar-refractivity contribution in [2.75, 3.05) is 29.4 Å². The van der Waals surface area contributed by atoms with Gasteiger partial charge in [0.1, 0.15) is 10.6 Å². The van der Waals surface area contributed by atoms with Gasteiger partial charge in [-0.25, -0.2) is 4.98 Å². The van der Waals surface area contributed by atoms with E-state index in [2.05, 4.69) is 28.5 Å². The number of halogens is 3. The highest BCUT2D eigenvalue weighted by molar-refractivity contribution is 7.18. The largest absolute Gasteiger partial charge is 0.451 e. The molecule has 0 bridgehead atoms. The van der Waals surface area contributed by atoms with Crippen LogP contribution in [-0.2, 0) is 30.5 Å². The first-order valence-electron chi connectivity index (χ1n) is 10.9. The monoisotopic (exact) mass is 480 g/mol. The van der Waals surface area contributed by atoms with E-state index in [1.54, 1.807) is 11.3 Å². The van der Waals surface area contributed by atoms with Crippen LogP contribution in [0.3, 0.4) is 0 Å². The molecule has 2 aliphatic heterocycles. The van der Waals surface area contributed by atoms with Gasteiger partial charge in [0.2, 0.25) is 18.2 Å². The van der Waals surface area contributed by atoms with Crippen LogP contribution >= 0.6 is 11.3 Å². The van der Waals surface area contributed by atoms with Gasteiger partial charge in [0.05, 0.1) is 11.9 Å². The van der Waals surface area contributed by atoms with E-state index in [9.17, 15) is 18.0 Å². The van der Waals surface area contributed by atoms with E-state index in [-0.39, 0.29) is 25.0 Å². The lowest BCUT2D eigenvalue weighted by Gasteiger charge is -2.30. The summed E-state index contributed by atoms with van der Waals surface area (Å²) in [7, 11) is 0. The number of hydrogen-bond acceptors (Lipinski definition) is 8. The fourth-order valence-electron chi connectivity index (χ4n) is 4.42. The number of rotatable bonds is 6. The van der Waals surface area contributed by atoms with E-state index >= 15 is 0 Å². The van der Waals surface area contributed by atoms with Crippen LogP contribution in [-0.4, -0.2) is 56.8 Å². The maximum atomic E-state index is 13.2. The molecule has 1 saturated heterocycles. The average Bonchev–Trinajstić information content (AvgIpc) is 3.50. The Balaban J connectivity index is 1.51. The van der Waals surface area contributed by atoms with Crippen LogP contribution in [0.15, 0.2) is 6.07 Å². The fraction of sp³-hybridized carbons (Fsp3) is 0.550. The normalized spacial score (nSPS) is 18.7. The van der Waals surface area contributed by atoms with E-state index in [1.165, 1.54) is 4.88 Å². The molecule has 1 amide bonds. The maximum Gasteiger partial charge on any atom is 0.451 e. The minimum Gasteiger partial charge on any atom is -0.354 e. The molecule has 0 radical (unpaired) electrons. The maximum absolute atomic E-state index is 13.2. The summed E-state index contributed by atoms with van der Waals surface area (Å²) in [5.41, 5.74) is 0. The van der Waals surface area contributed by atoms with Crippen molar-refractivity contribution < 1.29 is 18.0 Å². The van der Waals surface area contributed by atoms with Gasteiger partial charge in [-0.3, -0.25) is 4.79 Å². The molecule has 0 saturated carbocycles. The van der Waals surface area contributed by atoms with Crippen LogP contribution in [0, 0.1) is 0 Å². The van der Waals surface area contributed by atoms with Crippen LogP contribution in [0.1, 0.15) is 36.3 Å². The van der Waals surface area contributed by atoms with Gasteiger partial charge in [0.15, 0.2) is 5.82 Å². The number of nitrogens with zero attached hydrogens (tertiary/aromatic N) is 7. The van der Waals surface area contributed by atoms with E-state index in [0.717, 1.165) is 34.0 Å². The van der Waals surface area contributed by atoms with Crippen molar-refractivity contribution in [3.63, 3.8) is 0 Å². The summed E-state index contributed by atoms with van der Waals surface area (Å²) >= 11 is 1.62. The molecule has 3 aromatic rings. The van der Waals surface area contributed by atoms with Crippen molar-refractivity contribution in [2.24, 2.45) is 0 Å². The summed E-state index contributed by atoms with van der Waals surface area (Å²) < 4.78 is 40.9. The molecule has 1 fully saturated rings. The summed E-state index contributed by atoms with van der Waals surface area (Å²) in [6.07, 6.45) is -1.10. The highest BCUT2D eigenvalue weighted by Gasteiger charge is 2.40. The summed E-state index contributed by atoms with van der Waals surface area (Å²) in [6.45, 7) is 4.10. The van der Waals surface area contributed by atoms with Gasteiger partial charge in [0, 0.05) is 37.1 Å². The van der Waals surface area contributed by atoms with Crippen molar-refractivity contribution in [3.8, 4) is 0 Å². The van der Waals surface area contributed by atoms with Crippen LogP contribution < -0.4 is 15.1 Å². The Morgan fingerprint density at radius 1 is 1.21 bits per heavy atom. The first-order chi connectivity index (χ1) is 15.9. The quantitative estimate of drug-likeness (QED) is 0.542. The number of aromatic nitrogens is 5. The number of hydrogen-bond donors (Lipinski definition) is 1. The molecule has 0 spiro atoms. The van der Waals surface area contributed by atoms with Crippen molar-refractivity contribution in [1.82, 2.24) is 30.0 Å². The lowest BCUT2D eigenvalue weighted by atomic mass is 10.2. The van der Waals surface area contributed by atoms with Gasteiger partial charge in [-0.2, -0.15) is 18.2 Å². The number of nitrogens with one attached hydrogen (secondary N) is 1. The topological polar surface area (TPSA) is 92.1 Å². The molecule has 9 nitrogen and oxygen atoms in total. The van der Waals surface area contributed by atoms with Crippen molar-refractivity contribution in [1.29, 1.82) is 0 Å². The predicted octanol–water partition coefficient (Wildman–Crippen LogP) is 2.60. The Labute approximate surface area is 191 Å². The molecular formula is C20H23F3N8OS. The van der Waals surface area contributed by atoms with Gasteiger partial charge in [-0.15, -0.1) is 21.5 Å². The van der Waals surface area contributed by atoms with E-state index in [1.807, 2.05) is 9.80 Å². The molecule has 176 valence electrons. The molecule has 5 rings (SSSR count). The lowest BCUT2D eigenvalue weighted by molar-refractivity contribution is -0.147. The molecule has 13 heteroatoms. The number of anilines is 2. The fourth-order valence-corrected chi connectivity index (χ4v) is 5.54. The molecule has 0 aliphatic carbocycles. The van der Waals surface area contributed by atoms with Gasteiger partial charge in [0.25, 0.3) is 0 Å². The third-order valence-electron chi connectivity index (χ3n) is 5.99. The number of fused-ring (bicyclic) bond motifs is 2. The zero-order valence-corrected chi connectivity index (χ0v) is 18.8. The smallest absolute Gasteiger partial charge is 0.354 e. The zero-order chi connectivity index (χ0) is 23.2. The number of aryl methyl sites for hydroxylation is 1. The third-order valence-corrected chi connectivity index (χ3v) is 7.08. The van der Waals surface area contributed by atoms with E-state index < -0.39 is 12.0 Å². The summed E-state index contributed by atoms with van der Waals surface area (Å²) in [6, 6.07) is 2.13. The third kappa shape index (κ3) is 4.09. The molecule has 33 heavy (non-hydrogen) atoms. The first kappa shape index (κ1) is 21.9. The minimum absolute atomic E-state index is 0.0403. The number of thiophene rings is 1. The molecule has 0 aromatic carbocycles. The second-order valence-electron chi connectivity index (χ2n) is 8.26. The number of carbonyl (C=O) groups is 1. The highest BCUT2D eigenvalue weighted by atomic mass is 32.1. The minimum atomic E-state index is -4.53. The number of alkyl halides is 3. The van der Waals surface area contributed by atoms with Crippen molar-refractivity contribution >= 4 is 39.7 Å². The highest BCUT2D eigenvalue weighted by Crippen LogP contribution is 2.36. The van der Waals surface area contributed by atoms with E-state index in [4.69, 9.17) is 9.97 Å². The van der Waals surface area contributed by atoms with Crippen LogP contribution in [0.4, 0.5) is 24.9 Å². The Kier molecular flexibility index (Phi) is 5.59. The molecule has 3 aromatic heterocycles. The first-order valence-corrected chi connectivity index (χ1v) is 11.7. The molecule has 2 aliphatic rings. The molecular weight excluding hydrogens is 457 g/mol. The van der Waals surface area contributed by atoms with Gasteiger partial charge in [-0.1, -0.05) is 13.3 Å². The second kappa shape index (κ2) is 8.43. The van der Waals surface area contributed by atoms with Gasteiger partial charge in [-0.05, 0) is 18.9 Å². The number of carbonyl (C=O) groups excluding carboxylic acids is 1. The second-order valence-corrected chi connectivity index (χ2v) is 9.37. The Morgan fingerprint density at radius 2 is 2.06 bits per heavy atom. The molecule has 1 unspecified atom stereocenters. The standard InChI is InChI=1S/C20H23F3N8OS/c1-2-3-13-8-14-16(29-6-7-31-15(10-29)27-28-18(31)20(21,22)23)25-19(26-17(14)33-13)30-5-4-12(9-30)24-11-32/h8,11-12H,2-7,9-10H2,1H3,(H,24,32).